The number of nitrogens with two attached hydrogens (primary N) is 1. The third-order valence-corrected chi connectivity index (χ3v) is 2.55. The molecule has 2 nitrogen and oxygen atoms in total. The van der Waals surface area contributed by atoms with Gasteiger partial charge in [-0.3, -0.25) is 0 Å². The molecule has 2 N–H and O–H groups in total. The molecule has 76 valence electrons. The zero-order valence-corrected chi connectivity index (χ0v) is 7.81. The molecule has 1 aliphatic rings. The predicted molar refractivity (Wildman–Crippen MR) is 48.0 cm³/mol. The fourth-order valence-corrected chi connectivity index (χ4v) is 1.58. The molecule has 1 fully saturated rings. The maximum Gasteiger partial charge on any atom is 0.165 e. The van der Waals surface area contributed by atoms with Crippen LogP contribution in [0.1, 0.15) is 18.4 Å². The zero-order valence-electron chi connectivity index (χ0n) is 7.81. The molecule has 0 spiro atoms. The smallest absolute Gasteiger partial charge is 0.165 e. The zero-order chi connectivity index (χ0) is 10.3. The summed E-state index contributed by atoms with van der Waals surface area (Å²) in [5.74, 6) is -1.13. The van der Waals surface area contributed by atoms with E-state index in [1.54, 1.807) is 0 Å². The van der Waals surface area contributed by atoms with Gasteiger partial charge in [-0.1, -0.05) is 0 Å². The molecular formula is C10H11F2NO. The summed E-state index contributed by atoms with van der Waals surface area (Å²) in [6.07, 6.45) is 1.34. The normalized spacial score (nSPS) is 18.0. The van der Waals surface area contributed by atoms with Gasteiger partial charge in [0.15, 0.2) is 11.6 Å². The van der Waals surface area contributed by atoms with Crippen LogP contribution in [0.5, 0.6) is 5.75 Å². The van der Waals surface area contributed by atoms with Crippen molar-refractivity contribution in [2.75, 3.05) is 7.11 Å². The quantitative estimate of drug-likeness (QED) is 0.789. The molecule has 0 unspecified atom stereocenters. The molecule has 0 amide bonds. The van der Waals surface area contributed by atoms with Crippen LogP contribution in [0.25, 0.3) is 0 Å². The van der Waals surface area contributed by atoms with Crippen LogP contribution in [0, 0.1) is 11.6 Å². The van der Waals surface area contributed by atoms with Gasteiger partial charge in [0.1, 0.15) is 5.82 Å². The Labute approximate surface area is 80.7 Å². The second kappa shape index (κ2) is 2.92. The molecule has 0 bridgehead atoms. The van der Waals surface area contributed by atoms with Gasteiger partial charge in [-0.15, -0.1) is 0 Å². The summed E-state index contributed by atoms with van der Waals surface area (Å²) in [6.45, 7) is 0. The fraction of sp³-hybridized carbons (Fsp3) is 0.400. The molecule has 4 heteroatoms. The Balaban J connectivity index is 2.60. The maximum atomic E-state index is 13.4. The molecule has 2 rings (SSSR count). The van der Waals surface area contributed by atoms with E-state index in [2.05, 4.69) is 0 Å². The Bertz CT molecular complexity index is 375. The highest BCUT2D eigenvalue weighted by Gasteiger charge is 2.45. The van der Waals surface area contributed by atoms with Crippen LogP contribution in [0.3, 0.4) is 0 Å². The molecule has 0 aromatic heterocycles. The number of hydrogen-bond acceptors (Lipinski definition) is 2. The summed E-state index contributed by atoms with van der Waals surface area (Å²) >= 11 is 0. The number of rotatable bonds is 2. The van der Waals surface area contributed by atoms with Gasteiger partial charge in [0.25, 0.3) is 0 Å². The summed E-state index contributed by atoms with van der Waals surface area (Å²) in [6, 6.07) is 2.13. The van der Waals surface area contributed by atoms with E-state index < -0.39 is 17.2 Å². The standard InChI is InChI=1S/C10H11F2NO/c1-14-9-7(12)3-2-6(11)8(9)10(13)4-5-10/h2-3H,4-5,13H2,1H3. The number of hydrogen-bond donors (Lipinski definition) is 1. The van der Waals surface area contributed by atoms with E-state index in [9.17, 15) is 8.78 Å². The van der Waals surface area contributed by atoms with Crippen molar-refractivity contribution in [2.24, 2.45) is 5.73 Å². The number of benzene rings is 1. The van der Waals surface area contributed by atoms with Gasteiger partial charge in [-0.2, -0.15) is 0 Å². The molecule has 0 saturated heterocycles. The first kappa shape index (κ1) is 9.40. The first-order chi connectivity index (χ1) is 6.58. The summed E-state index contributed by atoms with van der Waals surface area (Å²) in [7, 11) is 1.31. The second-order valence-corrected chi connectivity index (χ2v) is 3.59. The van der Waals surface area contributed by atoms with Crippen LogP contribution in [0.4, 0.5) is 8.78 Å². The lowest BCUT2D eigenvalue weighted by Gasteiger charge is -2.15. The van der Waals surface area contributed by atoms with Crippen LogP contribution in [0.15, 0.2) is 12.1 Å². The second-order valence-electron chi connectivity index (χ2n) is 3.59. The first-order valence-electron chi connectivity index (χ1n) is 4.40. The molecule has 0 atom stereocenters. The van der Waals surface area contributed by atoms with Crippen molar-refractivity contribution in [1.29, 1.82) is 0 Å². The third kappa shape index (κ3) is 1.26. The lowest BCUT2D eigenvalue weighted by Crippen LogP contribution is -2.22. The van der Waals surface area contributed by atoms with E-state index in [1.807, 2.05) is 0 Å². The molecular weight excluding hydrogens is 188 g/mol. The minimum absolute atomic E-state index is 0.0648. The van der Waals surface area contributed by atoms with Gasteiger partial charge >= 0.3 is 0 Å². The molecule has 1 aromatic rings. The first-order valence-corrected chi connectivity index (χ1v) is 4.40. The lowest BCUT2D eigenvalue weighted by molar-refractivity contribution is 0.369. The Morgan fingerprint density at radius 2 is 1.86 bits per heavy atom. The summed E-state index contributed by atoms with van der Waals surface area (Å²) < 4.78 is 31.5. The molecule has 1 saturated carbocycles. The SMILES string of the molecule is COc1c(F)ccc(F)c1C1(N)CC1. The Hall–Kier alpha value is -1.16. The topological polar surface area (TPSA) is 35.2 Å². The summed E-state index contributed by atoms with van der Waals surface area (Å²) in [4.78, 5) is 0. The number of halogens is 2. The van der Waals surface area contributed by atoms with Gasteiger partial charge in [-0.25, -0.2) is 8.78 Å². The lowest BCUT2D eigenvalue weighted by atomic mass is 10.0. The van der Waals surface area contributed by atoms with Crippen molar-refractivity contribution in [1.82, 2.24) is 0 Å². The largest absolute Gasteiger partial charge is 0.493 e. The van der Waals surface area contributed by atoms with Crippen LogP contribution in [0.2, 0.25) is 0 Å². The highest BCUT2D eigenvalue weighted by atomic mass is 19.1. The van der Waals surface area contributed by atoms with Crippen molar-refractivity contribution in [3.63, 3.8) is 0 Å². The van der Waals surface area contributed by atoms with Crippen molar-refractivity contribution >= 4 is 0 Å². The van der Waals surface area contributed by atoms with E-state index in [0.717, 1.165) is 12.1 Å². The highest BCUT2D eigenvalue weighted by molar-refractivity contribution is 5.44. The average Bonchev–Trinajstić information content (AvgIpc) is 2.88. The van der Waals surface area contributed by atoms with Gasteiger partial charge in [0, 0.05) is 5.54 Å². The molecule has 0 radical (unpaired) electrons. The fourth-order valence-electron chi connectivity index (χ4n) is 1.58. The van der Waals surface area contributed by atoms with Crippen molar-refractivity contribution in [3.05, 3.63) is 29.3 Å². The average molecular weight is 199 g/mol. The van der Waals surface area contributed by atoms with Gasteiger partial charge in [0.05, 0.1) is 12.7 Å². The van der Waals surface area contributed by atoms with E-state index >= 15 is 0 Å². The Kier molecular flexibility index (Phi) is 1.96. The maximum absolute atomic E-state index is 13.4. The minimum Gasteiger partial charge on any atom is -0.493 e. The van der Waals surface area contributed by atoms with Gasteiger partial charge in [-0.05, 0) is 25.0 Å². The van der Waals surface area contributed by atoms with Crippen molar-refractivity contribution in [3.8, 4) is 5.75 Å². The van der Waals surface area contributed by atoms with Crippen LogP contribution in [-0.2, 0) is 5.54 Å². The molecule has 1 aromatic carbocycles. The molecule has 0 heterocycles. The van der Waals surface area contributed by atoms with Gasteiger partial charge in [0.2, 0.25) is 0 Å². The van der Waals surface area contributed by atoms with Gasteiger partial charge < -0.3 is 10.5 Å². The van der Waals surface area contributed by atoms with E-state index in [4.69, 9.17) is 10.5 Å². The van der Waals surface area contributed by atoms with Crippen LogP contribution in [-0.4, -0.2) is 7.11 Å². The van der Waals surface area contributed by atoms with E-state index in [1.165, 1.54) is 7.11 Å². The van der Waals surface area contributed by atoms with E-state index in [-0.39, 0.29) is 11.3 Å². The number of ether oxygens (including phenoxy) is 1. The Morgan fingerprint density at radius 1 is 1.29 bits per heavy atom. The number of methoxy groups -OCH3 is 1. The van der Waals surface area contributed by atoms with Crippen LogP contribution >= 0.6 is 0 Å². The highest BCUT2D eigenvalue weighted by Crippen LogP contribution is 2.48. The van der Waals surface area contributed by atoms with Crippen molar-refractivity contribution < 1.29 is 13.5 Å². The van der Waals surface area contributed by atoms with Crippen molar-refractivity contribution in [2.45, 2.75) is 18.4 Å². The predicted octanol–water partition coefficient (Wildman–Crippen LogP) is 1.92. The molecule has 0 aliphatic heterocycles. The minimum atomic E-state index is -0.725. The van der Waals surface area contributed by atoms with Crippen LogP contribution < -0.4 is 10.5 Å². The summed E-state index contributed by atoms with van der Waals surface area (Å²) in [5, 5.41) is 0. The molecule has 14 heavy (non-hydrogen) atoms. The molecule has 1 aliphatic carbocycles. The summed E-state index contributed by atoms with van der Waals surface area (Å²) in [5.41, 5.74) is 5.27. The van der Waals surface area contributed by atoms with E-state index in [0.29, 0.717) is 12.8 Å². The third-order valence-electron chi connectivity index (χ3n) is 2.55. The Morgan fingerprint density at radius 3 is 2.36 bits per heavy atom. The monoisotopic (exact) mass is 199 g/mol.